The molecule has 0 heterocycles. The number of alkyl carbamates (subject to hydrolysis) is 1. The SMILES string of the molecule is CCCNC(=O)OC(C)(C)C.N. The number of carbonyl (C=O) groups is 1. The fourth-order valence-electron chi connectivity index (χ4n) is 0.541. The average molecular weight is 176 g/mol. The Hall–Kier alpha value is -0.770. The highest BCUT2D eigenvalue weighted by molar-refractivity contribution is 5.67. The maximum absolute atomic E-state index is 10.9. The van der Waals surface area contributed by atoms with Gasteiger partial charge in [-0.05, 0) is 27.2 Å². The zero-order valence-electron chi connectivity index (χ0n) is 8.44. The summed E-state index contributed by atoms with van der Waals surface area (Å²) in [6, 6.07) is 0. The monoisotopic (exact) mass is 176 g/mol. The van der Waals surface area contributed by atoms with Crippen LogP contribution in [0.15, 0.2) is 0 Å². The highest BCUT2D eigenvalue weighted by Gasteiger charge is 2.14. The molecule has 0 aliphatic rings. The Kier molecular flexibility index (Phi) is 6.70. The minimum atomic E-state index is -0.391. The molecular weight excluding hydrogens is 156 g/mol. The summed E-state index contributed by atoms with van der Waals surface area (Å²) in [5.41, 5.74) is -0.391. The molecule has 0 unspecified atom stereocenters. The molecule has 0 saturated carbocycles. The van der Waals surface area contributed by atoms with Crippen LogP contribution in [0.2, 0.25) is 0 Å². The molecule has 0 fully saturated rings. The van der Waals surface area contributed by atoms with Gasteiger partial charge in [0.25, 0.3) is 0 Å². The molecule has 12 heavy (non-hydrogen) atoms. The van der Waals surface area contributed by atoms with Gasteiger partial charge in [-0.15, -0.1) is 0 Å². The summed E-state index contributed by atoms with van der Waals surface area (Å²) >= 11 is 0. The van der Waals surface area contributed by atoms with E-state index in [1.54, 1.807) is 0 Å². The van der Waals surface area contributed by atoms with E-state index in [0.29, 0.717) is 6.54 Å². The molecule has 1 amide bonds. The molecule has 0 radical (unpaired) electrons. The minimum absolute atomic E-state index is 0. The van der Waals surface area contributed by atoms with Gasteiger partial charge >= 0.3 is 6.09 Å². The molecule has 0 aromatic heterocycles. The first-order valence-corrected chi connectivity index (χ1v) is 3.92. The molecule has 0 atom stereocenters. The van der Waals surface area contributed by atoms with Gasteiger partial charge in [0.2, 0.25) is 0 Å². The van der Waals surface area contributed by atoms with Crippen LogP contribution in [0.3, 0.4) is 0 Å². The van der Waals surface area contributed by atoms with Gasteiger partial charge in [-0.25, -0.2) is 4.79 Å². The normalized spacial score (nSPS) is 10.0. The highest BCUT2D eigenvalue weighted by atomic mass is 16.6. The molecule has 4 nitrogen and oxygen atoms in total. The highest BCUT2D eigenvalue weighted by Crippen LogP contribution is 2.05. The maximum atomic E-state index is 10.9. The predicted molar refractivity (Wildman–Crippen MR) is 49.5 cm³/mol. The summed E-state index contributed by atoms with van der Waals surface area (Å²) in [6.45, 7) is 8.21. The van der Waals surface area contributed by atoms with E-state index in [1.165, 1.54) is 0 Å². The molecule has 4 N–H and O–H groups in total. The Balaban J connectivity index is 0. The Morgan fingerprint density at radius 2 is 1.92 bits per heavy atom. The first kappa shape index (κ1) is 13.8. The summed E-state index contributed by atoms with van der Waals surface area (Å²) in [6.07, 6.45) is 0.596. The van der Waals surface area contributed by atoms with Crippen molar-refractivity contribution in [3.63, 3.8) is 0 Å². The van der Waals surface area contributed by atoms with Crippen molar-refractivity contribution in [3.05, 3.63) is 0 Å². The molecule has 74 valence electrons. The fourth-order valence-corrected chi connectivity index (χ4v) is 0.541. The van der Waals surface area contributed by atoms with E-state index in [0.717, 1.165) is 6.42 Å². The van der Waals surface area contributed by atoms with Crippen molar-refractivity contribution >= 4 is 6.09 Å². The van der Waals surface area contributed by atoms with E-state index < -0.39 is 5.60 Å². The molecule has 0 bridgehead atoms. The molecule has 0 aromatic rings. The van der Waals surface area contributed by atoms with Gasteiger partial charge in [0.1, 0.15) is 5.60 Å². The Morgan fingerprint density at radius 1 is 1.42 bits per heavy atom. The lowest BCUT2D eigenvalue weighted by Crippen LogP contribution is -2.32. The topological polar surface area (TPSA) is 73.3 Å². The van der Waals surface area contributed by atoms with Crippen molar-refractivity contribution in [1.29, 1.82) is 0 Å². The Bertz CT molecular complexity index is 130. The second-order valence-electron chi connectivity index (χ2n) is 3.43. The molecule has 0 aliphatic heterocycles. The third-order valence-corrected chi connectivity index (χ3v) is 0.918. The van der Waals surface area contributed by atoms with Gasteiger partial charge in [0.05, 0.1) is 0 Å². The largest absolute Gasteiger partial charge is 0.444 e. The average Bonchev–Trinajstić information content (AvgIpc) is 1.79. The number of ether oxygens (including phenoxy) is 1. The molecule has 4 heteroatoms. The number of nitrogens with one attached hydrogen (secondary N) is 1. The van der Waals surface area contributed by atoms with E-state index in [-0.39, 0.29) is 12.2 Å². The van der Waals surface area contributed by atoms with Gasteiger partial charge < -0.3 is 16.2 Å². The van der Waals surface area contributed by atoms with Crippen LogP contribution in [0.4, 0.5) is 4.79 Å². The molecule has 0 saturated heterocycles. The van der Waals surface area contributed by atoms with Crippen LogP contribution >= 0.6 is 0 Å². The van der Waals surface area contributed by atoms with E-state index in [2.05, 4.69) is 5.32 Å². The standard InChI is InChI=1S/C8H17NO2.H3N/c1-5-6-9-7(10)11-8(2,3)4;/h5-6H2,1-4H3,(H,9,10);1H3. The summed E-state index contributed by atoms with van der Waals surface area (Å²) in [7, 11) is 0. The molecule has 0 spiro atoms. The smallest absolute Gasteiger partial charge is 0.407 e. The first-order valence-electron chi connectivity index (χ1n) is 3.92. The van der Waals surface area contributed by atoms with Crippen molar-refractivity contribution in [3.8, 4) is 0 Å². The second-order valence-corrected chi connectivity index (χ2v) is 3.43. The lowest BCUT2D eigenvalue weighted by Gasteiger charge is -2.19. The van der Waals surface area contributed by atoms with Crippen LogP contribution in [-0.2, 0) is 4.74 Å². The first-order chi connectivity index (χ1) is 4.95. The quantitative estimate of drug-likeness (QED) is 0.676. The summed E-state index contributed by atoms with van der Waals surface area (Å²) in [5, 5.41) is 2.63. The lowest BCUT2D eigenvalue weighted by atomic mass is 10.2. The van der Waals surface area contributed by atoms with E-state index in [9.17, 15) is 4.79 Å². The Labute approximate surface area is 74.3 Å². The Morgan fingerprint density at radius 3 is 2.25 bits per heavy atom. The van der Waals surface area contributed by atoms with Crippen LogP contribution in [0.5, 0.6) is 0 Å². The fraction of sp³-hybridized carbons (Fsp3) is 0.875. The third kappa shape index (κ3) is 9.23. The summed E-state index contributed by atoms with van der Waals surface area (Å²) < 4.78 is 4.99. The van der Waals surface area contributed by atoms with Crippen molar-refractivity contribution in [2.75, 3.05) is 6.54 Å². The molecule has 0 aromatic carbocycles. The molecule has 0 rings (SSSR count). The van der Waals surface area contributed by atoms with Crippen LogP contribution in [-0.4, -0.2) is 18.2 Å². The van der Waals surface area contributed by atoms with Gasteiger partial charge in [0, 0.05) is 6.54 Å². The zero-order valence-corrected chi connectivity index (χ0v) is 8.44. The molecule has 0 aliphatic carbocycles. The van der Waals surface area contributed by atoms with E-state index in [1.807, 2.05) is 27.7 Å². The number of amides is 1. The molecular formula is C8H20N2O2. The van der Waals surface area contributed by atoms with E-state index in [4.69, 9.17) is 4.74 Å². The van der Waals surface area contributed by atoms with Crippen molar-refractivity contribution in [1.82, 2.24) is 11.5 Å². The van der Waals surface area contributed by atoms with E-state index >= 15 is 0 Å². The zero-order chi connectivity index (χ0) is 8.91. The second kappa shape index (κ2) is 5.83. The summed E-state index contributed by atoms with van der Waals surface area (Å²) in [5.74, 6) is 0. The lowest BCUT2D eigenvalue weighted by molar-refractivity contribution is 0.0528. The number of hydrogen-bond acceptors (Lipinski definition) is 3. The number of hydrogen-bond donors (Lipinski definition) is 2. The summed E-state index contributed by atoms with van der Waals surface area (Å²) in [4.78, 5) is 10.9. The van der Waals surface area contributed by atoms with Crippen LogP contribution in [0.25, 0.3) is 0 Å². The van der Waals surface area contributed by atoms with Crippen molar-refractivity contribution < 1.29 is 9.53 Å². The van der Waals surface area contributed by atoms with Gasteiger partial charge in [-0.1, -0.05) is 6.92 Å². The van der Waals surface area contributed by atoms with Crippen LogP contribution in [0.1, 0.15) is 34.1 Å². The third-order valence-electron chi connectivity index (χ3n) is 0.918. The number of carbonyl (C=O) groups excluding carboxylic acids is 1. The van der Waals surface area contributed by atoms with Crippen molar-refractivity contribution in [2.24, 2.45) is 0 Å². The van der Waals surface area contributed by atoms with Crippen LogP contribution in [0, 0.1) is 0 Å². The maximum Gasteiger partial charge on any atom is 0.407 e. The van der Waals surface area contributed by atoms with Gasteiger partial charge in [0.15, 0.2) is 0 Å². The minimum Gasteiger partial charge on any atom is -0.444 e. The predicted octanol–water partition coefficient (Wildman–Crippen LogP) is 2.08. The van der Waals surface area contributed by atoms with Crippen molar-refractivity contribution in [2.45, 2.75) is 39.7 Å². The van der Waals surface area contributed by atoms with Gasteiger partial charge in [-0.2, -0.15) is 0 Å². The van der Waals surface area contributed by atoms with Crippen LogP contribution < -0.4 is 11.5 Å². The van der Waals surface area contributed by atoms with Gasteiger partial charge in [-0.3, -0.25) is 0 Å². The number of rotatable bonds is 2.